The minimum absolute atomic E-state index is 0.168. The molecule has 0 heterocycles. The summed E-state index contributed by atoms with van der Waals surface area (Å²) in [4.78, 5) is 28.4. The van der Waals surface area contributed by atoms with Crippen molar-refractivity contribution in [2.24, 2.45) is 0 Å². The number of methoxy groups -OCH3 is 1. The molecule has 0 spiro atoms. The Morgan fingerprint density at radius 1 is 0.943 bits per heavy atom. The van der Waals surface area contributed by atoms with Crippen molar-refractivity contribution in [3.8, 4) is 11.5 Å². The van der Waals surface area contributed by atoms with E-state index in [1.807, 2.05) is 93.6 Å². The standard InChI is InChI=1S/C29H34N2O4/c1-5-30-29(33)26(18-23-10-7-6-8-11-23)31(19-24-12-9-13-25(17-24)34-4)28(32)20-35-27-15-14-21(2)16-22(27)3/h6-17,26H,5,18-20H2,1-4H3,(H,30,33)/t26-/m0/s1. The van der Waals surface area contributed by atoms with Gasteiger partial charge in [0, 0.05) is 19.5 Å². The molecule has 6 heteroatoms. The number of hydrogen-bond acceptors (Lipinski definition) is 4. The SMILES string of the molecule is CCNC(=O)[C@H](Cc1ccccc1)N(Cc1cccc(OC)c1)C(=O)COc1ccc(C)cc1C. The van der Waals surface area contributed by atoms with Crippen LogP contribution in [0.25, 0.3) is 0 Å². The van der Waals surface area contributed by atoms with Crippen LogP contribution in [0.3, 0.4) is 0 Å². The highest BCUT2D eigenvalue weighted by molar-refractivity contribution is 5.88. The Balaban J connectivity index is 1.91. The van der Waals surface area contributed by atoms with Gasteiger partial charge in [-0.1, -0.05) is 60.2 Å². The van der Waals surface area contributed by atoms with Gasteiger partial charge in [0.1, 0.15) is 17.5 Å². The maximum absolute atomic E-state index is 13.6. The quantitative estimate of drug-likeness (QED) is 0.445. The van der Waals surface area contributed by atoms with Crippen LogP contribution in [0.5, 0.6) is 11.5 Å². The minimum Gasteiger partial charge on any atom is -0.497 e. The molecule has 0 aliphatic carbocycles. The summed E-state index contributed by atoms with van der Waals surface area (Å²) in [6.07, 6.45) is 0.395. The zero-order chi connectivity index (χ0) is 25.2. The van der Waals surface area contributed by atoms with Crippen molar-refractivity contribution in [2.45, 2.75) is 39.8 Å². The largest absolute Gasteiger partial charge is 0.497 e. The molecule has 1 atom stereocenters. The maximum Gasteiger partial charge on any atom is 0.261 e. The first-order chi connectivity index (χ1) is 16.9. The predicted molar refractivity (Wildman–Crippen MR) is 138 cm³/mol. The normalized spacial score (nSPS) is 11.4. The second kappa shape index (κ2) is 12.6. The molecule has 2 amide bonds. The van der Waals surface area contributed by atoms with E-state index in [2.05, 4.69) is 5.32 Å². The second-order valence-corrected chi connectivity index (χ2v) is 8.53. The molecule has 1 N–H and O–H groups in total. The van der Waals surface area contributed by atoms with Gasteiger partial charge in [-0.2, -0.15) is 0 Å². The molecule has 0 saturated carbocycles. The molecular weight excluding hydrogens is 440 g/mol. The lowest BCUT2D eigenvalue weighted by Gasteiger charge is -2.31. The summed E-state index contributed by atoms with van der Waals surface area (Å²) in [5.74, 6) is 0.890. The summed E-state index contributed by atoms with van der Waals surface area (Å²) in [5, 5.41) is 2.90. The van der Waals surface area contributed by atoms with Gasteiger partial charge < -0.3 is 19.7 Å². The molecule has 3 aromatic carbocycles. The number of benzene rings is 3. The molecule has 0 aromatic heterocycles. The van der Waals surface area contributed by atoms with Gasteiger partial charge in [-0.05, 0) is 55.7 Å². The third kappa shape index (κ3) is 7.34. The lowest BCUT2D eigenvalue weighted by Crippen LogP contribution is -2.51. The molecule has 0 unspecified atom stereocenters. The van der Waals surface area contributed by atoms with E-state index >= 15 is 0 Å². The highest BCUT2D eigenvalue weighted by Gasteiger charge is 2.30. The van der Waals surface area contributed by atoms with Gasteiger partial charge >= 0.3 is 0 Å². The van der Waals surface area contributed by atoms with Crippen molar-refractivity contribution in [3.63, 3.8) is 0 Å². The summed E-state index contributed by atoms with van der Waals surface area (Å²) in [6.45, 7) is 6.39. The Labute approximate surface area is 207 Å². The number of rotatable bonds is 11. The molecule has 0 fully saturated rings. The fourth-order valence-electron chi connectivity index (χ4n) is 4.00. The van der Waals surface area contributed by atoms with E-state index < -0.39 is 6.04 Å². The molecule has 3 aromatic rings. The van der Waals surface area contributed by atoms with E-state index in [1.54, 1.807) is 12.0 Å². The van der Waals surface area contributed by atoms with Crippen molar-refractivity contribution >= 4 is 11.8 Å². The third-order valence-corrected chi connectivity index (χ3v) is 5.79. The van der Waals surface area contributed by atoms with Gasteiger partial charge in [0.15, 0.2) is 6.61 Å². The number of ether oxygens (including phenoxy) is 2. The van der Waals surface area contributed by atoms with Crippen LogP contribution in [-0.2, 0) is 22.6 Å². The molecule has 0 aliphatic rings. The number of carbonyl (C=O) groups excluding carboxylic acids is 2. The van der Waals surface area contributed by atoms with E-state index in [-0.39, 0.29) is 25.0 Å². The summed E-state index contributed by atoms with van der Waals surface area (Å²) >= 11 is 0. The van der Waals surface area contributed by atoms with E-state index in [4.69, 9.17) is 9.47 Å². The number of nitrogens with one attached hydrogen (secondary N) is 1. The highest BCUT2D eigenvalue weighted by Crippen LogP contribution is 2.21. The van der Waals surface area contributed by atoms with E-state index in [0.717, 1.165) is 22.3 Å². The molecule has 0 bridgehead atoms. The van der Waals surface area contributed by atoms with Gasteiger partial charge in [-0.25, -0.2) is 0 Å². The van der Waals surface area contributed by atoms with Gasteiger partial charge in [-0.3, -0.25) is 9.59 Å². The molecular formula is C29H34N2O4. The van der Waals surface area contributed by atoms with Crippen molar-refractivity contribution in [2.75, 3.05) is 20.3 Å². The summed E-state index contributed by atoms with van der Waals surface area (Å²) < 4.78 is 11.3. The Hall–Kier alpha value is -3.80. The highest BCUT2D eigenvalue weighted by atomic mass is 16.5. The Kier molecular flexibility index (Phi) is 9.30. The number of likely N-dealkylation sites (N-methyl/N-ethyl adjacent to an activating group) is 1. The summed E-state index contributed by atoms with van der Waals surface area (Å²) in [5.41, 5.74) is 3.93. The Morgan fingerprint density at radius 3 is 2.37 bits per heavy atom. The summed E-state index contributed by atoms with van der Waals surface area (Å²) in [7, 11) is 1.60. The molecule has 0 aliphatic heterocycles. The third-order valence-electron chi connectivity index (χ3n) is 5.79. The first kappa shape index (κ1) is 25.8. The number of aryl methyl sites for hydroxylation is 2. The molecule has 0 radical (unpaired) electrons. The van der Waals surface area contributed by atoms with Crippen LogP contribution in [0.15, 0.2) is 72.8 Å². The number of nitrogens with zero attached hydrogens (tertiary/aromatic N) is 1. The monoisotopic (exact) mass is 474 g/mol. The molecule has 6 nitrogen and oxygen atoms in total. The lowest BCUT2D eigenvalue weighted by atomic mass is 10.0. The van der Waals surface area contributed by atoms with E-state index in [1.165, 1.54) is 0 Å². The average molecular weight is 475 g/mol. The van der Waals surface area contributed by atoms with Crippen molar-refractivity contribution < 1.29 is 19.1 Å². The van der Waals surface area contributed by atoms with Crippen LogP contribution in [0.1, 0.15) is 29.2 Å². The van der Waals surface area contributed by atoms with Crippen molar-refractivity contribution in [1.29, 1.82) is 0 Å². The Morgan fingerprint density at radius 2 is 1.69 bits per heavy atom. The van der Waals surface area contributed by atoms with Crippen LogP contribution in [0.2, 0.25) is 0 Å². The van der Waals surface area contributed by atoms with Crippen molar-refractivity contribution in [3.05, 3.63) is 95.1 Å². The van der Waals surface area contributed by atoms with Crippen LogP contribution in [-0.4, -0.2) is 43.0 Å². The van der Waals surface area contributed by atoms with Gasteiger partial charge in [-0.15, -0.1) is 0 Å². The predicted octanol–water partition coefficient (Wildman–Crippen LogP) is 4.47. The first-order valence-electron chi connectivity index (χ1n) is 11.8. The molecule has 35 heavy (non-hydrogen) atoms. The maximum atomic E-state index is 13.6. The van der Waals surface area contributed by atoms with Crippen LogP contribution in [0, 0.1) is 13.8 Å². The lowest BCUT2D eigenvalue weighted by molar-refractivity contribution is -0.142. The van der Waals surface area contributed by atoms with Crippen LogP contribution in [0.4, 0.5) is 0 Å². The summed E-state index contributed by atoms with van der Waals surface area (Å²) in [6, 6.07) is 22.4. The fourth-order valence-corrected chi connectivity index (χ4v) is 4.00. The number of carbonyl (C=O) groups is 2. The van der Waals surface area contributed by atoms with E-state index in [0.29, 0.717) is 24.5 Å². The topological polar surface area (TPSA) is 67.9 Å². The van der Waals surface area contributed by atoms with Gasteiger partial charge in [0.05, 0.1) is 7.11 Å². The van der Waals surface area contributed by atoms with E-state index in [9.17, 15) is 9.59 Å². The fraction of sp³-hybridized carbons (Fsp3) is 0.310. The van der Waals surface area contributed by atoms with Gasteiger partial charge in [0.25, 0.3) is 5.91 Å². The minimum atomic E-state index is -0.696. The number of hydrogen-bond donors (Lipinski definition) is 1. The van der Waals surface area contributed by atoms with Gasteiger partial charge in [0.2, 0.25) is 5.91 Å². The number of amides is 2. The average Bonchev–Trinajstić information content (AvgIpc) is 2.86. The molecule has 3 rings (SSSR count). The zero-order valence-electron chi connectivity index (χ0n) is 20.9. The van der Waals surface area contributed by atoms with Crippen LogP contribution < -0.4 is 14.8 Å². The smallest absolute Gasteiger partial charge is 0.261 e. The zero-order valence-corrected chi connectivity index (χ0v) is 20.9. The van der Waals surface area contributed by atoms with Crippen molar-refractivity contribution in [1.82, 2.24) is 10.2 Å². The molecule has 184 valence electrons. The molecule has 0 saturated heterocycles. The Bertz CT molecular complexity index is 1130. The first-order valence-corrected chi connectivity index (χ1v) is 11.8. The second-order valence-electron chi connectivity index (χ2n) is 8.53. The van der Waals surface area contributed by atoms with Crippen LogP contribution >= 0.6 is 0 Å².